The number of hydrogen-bond acceptors (Lipinski definition) is 1. The van der Waals surface area contributed by atoms with Crippen molar-refractivity contribution in [3.05, 3.63) is 34.3 Å². The lowest BCUT2D eigenvalue weighted by molar-refractivity contribution is 0.0936. The fraction of sp³-hybridized carbons (Fsp3) is 0.462. The molecule has 1 saturated carbocycles. The van der Waals surface area contributed by atoms with Crippen LogP contribution in [0.15, 0.2) is 18.2 Å². The third kappa shape index (κ3) is 2.40. The average molecular weight is 223 g/mol. The van der Waals surface area contributed by atoms with Crippen molar-refractivity contribution in [1.29, 1.82) is 0 Å². The zero-order chi connectivity index (χ0) is 10.8. The van der Waals surface area contributed by atoms with Crippen LogP contribution in [0.4, 0.5) is 0 Å². The van der Waals surface area contributed by atoms with E-state index < -0.39 is 0 Å². The molecule has 0 unspecified atom stereocenters. The molecular weight excluding hydrogens is 208 g/mol. The van der Waals surface area contributed by atoms with Crippen LogP contribution in [0, 0.1) is 12.8 Å². The summed E-state index contributed by atoms with van der Waals surface area (Å²) in [5.41, 5.74) is 1.79. The Balaban J connectivity index is 2.10. The summed E-state index contributed by atoms with van der Waals surface area (Å²) < 4.78 is 0. The van der Waals surface area contributed by atoms with Crippen LogP contribution in [0.3, 0.4) is 0 Å². The van der Waals surface area contributed by atoms with Gasteiger partial charge in [0.05, 0.1) is 5.02 Å². The molecule has 1 nitrogen and oxygen atoms in total. The number of halogens is 1. The molecule has 1 aliphatic carbocycles. The van der Waals surface area contributed by atoms with Crippen molar-refractivity contribution >= 4 is 17.4 Å². The van der Waals surface area contributed by atoms with E-state index in [1.165, 1.54) is 19.3 Å². The second-order valence-electron chi connectivity index (χ2n) is 4.41. The maximum Gasteiger partial charge on any atom is 0.164 e. The van der Waals surface area contributed by atoms with E-state index in [0.717, 1.165) is 5.56 Å². The Hall–Kier alpha value is -0.820. The maximum atomic E-state index is 11.9. The minimum absolute atomic E-state index is 0.199. The summed E-state index contributed by atoms with van der Waals surface area (Å²) in [5.74, 6) is 0.805. The van der Waals surface area contributed by atoms with Gasteiger partial charge in [-0.25, -0.2) is 0 Å². The third-order valence-electron chi connectivity index (χ3n) is 3.12. The summed E-state index contributed by atoms with van der Waals surface area (Å²) in [6.45, 7) is 1.98. The molecule has 0 saturated heterocycles. The highest BCUT2D eigenvalue weighted by molar-refractivity contribution is 6.34. The molecule has 0 spiro atoms. The van der Waals surface area contributed by atoms with Gasteiger partial charge in [0.25, 0.3) is 0 Å². The molecule has 0 aromatic heterocycles. The SMILES string of the molecule is Cc1ccc(C(=O)CC2CCC2)c(Cl)c1. The fourth-order valence-electron chi connectivity index (χ4n) is 1.92. The summed E-state index contributed by atoms with van der Waals surface area (Å²) in [6.07, 6.45) is 4.35. The van der Waals surface area contributed by atoms with Crippen LogP contribution in [0.5, 0.6) is 0 Å². The van der Waals surface area contributed by atoms with Gasteiger partial charge in [0.2, 0.25) is 0 Å². The molecule has 0 heterocycles. The Bertz CT molecular complexity index is 380. The molecule has 2 heteroatoms. The van der Waals surface area contributed by atoms with Gasteiger partial charge in [-0.15, -0.1) is 0 Å². The topological polar surface area (TPSA) is 17.1 Å². The predicted octanol–water partition coefficient (Wildman–Crippen LogP) is 4.02. The Kier molecular flexibility index (Phi) is 3.11. The summed E-state index contributed by atoms with van der Waals surface area (Å²) in [4.78, 5) is 11.9. The Morgan fingerprint density at radius 1 is 1.47 bits per heavy atom. The third-order valence-corrected chi connectivity index (χ3v) is 3.44. The average Bonchev–Trinajstić information content (AvgIpc) is 2.11. The Morgan fingerprint density at radius 2 is 2.20 bits per heavy atom. The first-order valence-corrected chi connectivity index (χ1v) is 5.84. The van der Waals surface area contributed by atoms with E-state index in [0.29, 0.717) is 22.9 Å². The van der Waals surface area contributed by atoms with Gasteiger partial charge >= 0.3 is 0 Å². The number of hydrogen-bond donors (Lipinski definition) is 0. The van der Waals surface area contributed by atoms with Gasteiger partial charge < -0.3 is 0 Å². The molecule has 1 aromatic rings. The van der Waals surface area contributed by atoms with Crippen molar-refractivity contribution in [3.63, 3.8) is 0 Å². The van der Waals surface area contributed by atoms with Crippen LogP contribution >= 0.6 is 11.6 Å². The minimum atomic E-state index is 0.199. The van der Waals surface area contributed by atoms with E-state index in [1.54, 1.807) is 0 Å². The van der Waals surface area contributed by atoms with Crippen molar-refractivity contribution in [1.82, 2.24) is 0 Å². The summed E-state index contributed by atoms with van der Waals surface area (Å²) in [7, 11) is 0. The molecule has 0 aliphatic heterocycles. The normalized spacial score (nSPS) is 16.1. The molecule has 1 fully saturated rings. The zero-order valence-electron chi connectivity index (χ0n) is 8.92. The predicted molar refractivity (Wildman–Crippen MR) is 62.5 cm³/mol. The van der Waals surface area contributed by atoms with E-state index in [1.807, 2.05) is 25.1 Å². The van der Waals surface area contributed by atoms with Crippen LogP contribution < -0.4 is 0 Å². The van der Waals surface area contributed by atoms with E-state index in [9.17, 15) is 4.79 Å². The molecule has 0 atom stereocenters. The number of benzene rings is 1. The van der Waals surface area contributed by atoms with Crippen LogP contribution in [-0.2, 0) is 0 Å². The highest BCUT2D eigenvalue weighted by atomic mass is 35.5. The van der Waals surface area contributed by atoms with Crippen LogP contribution in [-0.4, -0.2) is 5.78 Å². The molecule has 0 radical (unpaired) electrons. The van der Waals surface area contributed by atoms with Gasteiger partial charge in [-0.3, -0.25) is 4.79 Å². The van der Waals surface area contributed by atoms with Gasteiger partial charge in [0, 0.05) is 12.0 Å². The number of rotatable bonds is 3. The first kappa shape index (κ1) is 10.7. The first-order valence-electron chi connectivity index (χ1n) is 5.46. The summed E-state index contributed by atoms with van der Waals surface area (Å²) in [6, 6.07) is 5.65. The van der Waals surface area contributed by atoms with E-state index in [-0.39, 0.29) is 5.78 Å². The van der Waals surface area contributed by atoms with Gasteiger partial charge in [-0.1, -0.05) is 36.9 Å². The monoisotopic (exact) mass is 222 g/mol. The van der Waals surface area contributed by atoms with Crippen molar-refractivity contribution in [2.24, 2.45) is 5.92 Å². The number of carbonyl (C=O) groups is 1. The molecule has 1 aromatic carbocycles. The first-order chi connectivity index (χ1) is 7.16. The van der Waals surface area contributed by atoms with Crippen molar-refractivity contribution < 1.29 is 4.79 Å². The van der Waals surface area contributed by atoms with Crippen molar-refractivity contribution in [3.8, 4) is 0 Å². The van der Waals surface area contributed by atoms with Crippen molar-refractivity contribution in [2.45, 2.75) is 32.6 Å². The standard InChI is InChI=1S/C13H15ClO/c1-9-5-6-11(12(14)7-9)13(15)8-10-3-2-4-10/h5-7,10H,2-4,8H2,1H3. The molecule has 0 N–H and O–H groups in total. The quantitative estimate of drug-likeness (QED) is 0.706. The molecule has 0 amide bonds. The van der Waals surface area contributed by atoms with Crippen LogP contribution in [0.1, 0.15) is 41.6 Å². The van der Waals surface area contributed by atoms with Crippen LogP contribution in [0.25, 0.3) is 0 Å². The van der Waals surface area contributed by atoms with Gasteiger partial charge in [-0.2, -0.15) is 0 Å². The molecule has 2 rings (SSSR count). The lowest BCUT2D eigenvalue weighted by Crippen LogP contribution is -2.16. The Morgan fingerprint density at radius 3 is 2.73 bits per heavy atom. The Labute approximate surface area is 95.4 Å². The highest BCUT2D eigenvalue weighted by Gasteiger charge is 2.22. The number of aryl methyl sites for hydroxylation is 1. The minimum Gasteiger partial charge on any atom is -0.294 e. The zero-order valence-corrected chi connectivity index (χ0v) is 9.68. The summed E-state index contributed by atoms with van der Waals surface area (Å²) in [5, 5.41) is 0.597. The van der Waals surface area contributed by atoms with Gasteiger partial charge in [0.1, 0.15) is 0 Å². The molecule has 1 aliphatic rings. The number of carbonyl (C=O) groups excluding carboxylic acids is 1. The number of Topliss-reactive ketones (excluding diaryl/α,β-unsaturated/α-hetero) is 1. The molecular formula is C13H15ClO. The highest BCUT2D eigenvalue weighted by Crippen LogP contribution is 2.31. The molecule has 15 heavy (non-hydrogen) atoms. The van der Waals surface area contributed by atoms with Gasteiger partial charge in [0.15, 0.2) is 5.78 Å². The van der Waals surface area contributed by atoms with E-state index in [4.69, 9.17) is 11.6 Å². The van der Waals surface area contributed by atoms with Gasteiger partial charge in [-0.05, 0) is 30.5 Å². The van der Waals surface area contributed by atoms with Crippen molar-refractivity contribution in [2.75, 3.05) is 0 Å². The molecule has 80 valence electrons. The smallest absolute Gasteiger partial charge is 0.164 e. The van der Waals surface area contributed by atoms with E-state index in [2.05, 4.69) is 0 Å². The lowest BCUT2D eigenvalue weighted by Gasteiger charge is -2.24. The van der Waals surface area contributed by atoms with E-state index >= 15 is 0 Å². The number of ketones is 1. The largest absolute Gasteiger partial charge is 0.294 e. The second kappa shape index (κ2) is 4.36. The lowest BCUT2D eigenvalue weighted by atomic mass is 9.81. The summed E-state index contributed by atoms with van der Waals surface area (Å²) >= 11 is 6.05. The molecule has 0 bridgehead atoms. The fourth-order valence-corrected chi connectivity index (χ4v) is 2.26. The van der Waals surface area contributed by atoms with Crippen LogP contribution in [0.2, 0.25) is 5.02 Å². The second-order valence-corrected chi connectivity index (χ2v) is 4.81. The maximum absolute atomic E-state index is 11.9.